The van der Waals surface area contributed by atoms with Crippen LogP contribution in [0.2, 0.25) is 0 Å². The zero-order valence-corrected chi connectivity index (χ0v) is 15.4. The Morgan fingerprint density at radius 3 is 2.79 bits per heavy atom. The average Bonchev–Trinajstić information content (AvgIpc) is 3.32. The first-order valence-corrected chi connectivity index (χ1v) is 10.0. The number of nitriles is 1. The van der Waals surface area contributed by atoms with Gasteiger partial charge in [0, 0.05) is 24.2 Å². The minimum atomic E-state index is -0.453. The highest BCUT2D eigenvalue weighted by Gasteiger charge is 2.54. The second kappa shape index (κ2) is 5.65. The first kappa shape index (κ1) is 16.3. The number of nitrogens with one attached hydrogen (secondary N) is 1. The summed E-state index contributed by atoms with van der Waals surface area (Å²) in [6, 6.07) is 2.25. The number of aliphatic hydroxyl groups is 1. The second-order valence-electron chi connectivity index (χ2n) is 8.91. The van der Waals surface area contributed by atoms with Gasteiger partial charge in [-0.1, -0.05) is 12.2 Å². The van der Waals surface area contributed by atoms with Gasteiger partial charge in [-0.05, 0) is 55.0 Å². The van der Waals surface area contributed by atoms with Crippen LogP contribution in [-0.4, -0.2) is 31.9 Å². The molecule has 0 aliphatic heterocycles. The molecule has 5 aliphatic rings. The molecule has 2 atom stereocenters. The van der Waals surface area contributed by atoms with Crippen LogP contribution in [0.5, 0.6) is 0 Å². The van der Waals surface area contributed by atoms with E-state index in [0.717, 1.165) is 48.2 Å². The van der Waals surface area contributed by atoms with Crippen molar-refractivity contribution in [2.24, 2.45) is 17.8 Å². The molecule has 28 heavy (non-hydrogen) atoms. The summed E-state index contributed by atoms with van der Waals surface area (Å²) in [6.07, 6.45) is 11.9. The van der Waals surface area contributed by atoms with Crippen molar-refractivity contribution < 1.29 is 9.63 Å². The van der Waals surface area contributed by atoms with Crippen molar-refractivity contribution in [3.05, 3.63) is 29.4 Å². The molecule has 4 bridgehead atoms. The summed E-state index contributed by atoms with van der Waals surface area (Å²) < 4.78 is 5.34. The van der Waals surface area contributed by atoms with Crippen molar-refractivity contribution in [3.8, 4) is 17.5 Å². The third-order valence-electron chi connectivity index (χ3n) is 7.10. The van der Waals surface area contributed by atoms with Crippen molar-refractivity contribution in [1.29, 1.82) is 5.26 Å². The molecule has 4 saturated carbocycles. The molecule has 4 fully saturated rings. The van der Waals surface area contributed by atoms with Gasteiger partial charge in [-0.3, -0.25) is 4.98 Å². The SMILES string of the molecule is N#Cc1noc(-c2cnc3c(c2NC2C4CC5CC2CC(O)(C5)C4)C=CC3)n1. The molecule has 2 heterocycles. The van der Waals surface area contributed by atoms with E-state index in [1.54, 1.807) is 6.20 Å². The maximum Gasteiger partial charge on any atom is 0.273 e. The predicted octanol–water partition coefficient (Wildman–Crippen LogP) is 2.92. The number of allylic oxidation sites excluding steroid dienone is 1. The van der Waals surface area contributed by atoms with Gasteiger partial charge < -0.3 is 14.9 Å². The van der Waals surface area contributed by atoms with E-state index in [-0.39, 0.29) is 5.82 Å². The van der Waals surface area contributed by atoms with Gasteiger partial charge in [-0.15, -0.1) is 0 Å². The molecule has 0 radical (unpaired) electrons. The summed E-state index contributed by atoms with van der Waals surface area (Å²) in [4.78, 5) is 8.77. The topological polar surface area (TPSA) is 108 Å². The van der Waals surface area contributed by atoms with E-state index in [1.807, 2.05) is 6.07 Å². The molecule has 0 amide bonds. The normalized spacial score (nSPS) is 34.4. The highest BCUT2D eigenvalue weighted by Crippen LogP contribution is 2.56. The summed E-state index contributed by atoms with van der Waals surface area (Å²) in [6.45, 7) is 0. The summed E-state index contributed by atoms with van der Waals surface area (Å²) in [5.41, 5.74) is 3.37. The van der Waals surface area contributed by atoms with E-state index in [9.17, 15) is 5.11 Å². The van der Waals surface area contributed by atoms with Gasteiger partial charge in [-0.25, -0.2) is 0 Å². The Morgan fingerprint density at radius 2 is 2.07 bits per heavy atom. The molecular formula is C21H21N5O2. The van der Waals surface area contributed by atoms with Crippen LogP contribution in [0, 0.1) is 29.1 Å². The van der Waals surface area contributed by atoms with Crippen LogP contribution in [0.1, 0.15) is 49.2 Å². The van der Waals surface area contributed by atoms with Gasteiger partial charge in [-0.2, -0.15) is 10.2 Å². The van der Waals surface area contributed by atoms with Crippen LogP contribution in [0.4, 0.5) is 5.69 Å². The lowest BCUT2D eigenvalue weighted by Crippen LogP contribution is -2.59. The van der Waals surface area contributed by atoms with E-state index >= 15 is 0 Å². The molecule has 0 spiro atoms. The molecular weight excluding hydrogens is 354 g/mol. The van der Waals surface area contributed by atoms with Crippen LogP contribution in [-0.2, 0) is 6.42 Å². The molecule has 7 heteroatoms. The van der Waals surface area contributed by atoms with Gasteiger partial charge in [0.05, 0.1) is 22.5 Å². The van der Waals surface area contributed by atoms with Crippen molar-refractivity contribution in [3.63, 3.8) is 0 Å². The van der Waals surface area contributed by atoms with Crippen LogP contribution in [0.3, 0.4) is 0 Å². The number of pyridine rings is 1. The highest BCUT2D eigenvalue weighted by atomic mass is 16.5. The lowest BCUT2D eigenvalue weighted by atomic mass is 9.52. The van der Waals surface area contributed by atoms with Crippen molar-refractivity contribution in [1.82, 2.24) is 15.1 Å². The quantitative estimate of drug-likeness (QED) is 0.849. The van der Waals surface area contributed by atoms with E-state index in [2.05, 4.69) is 32.6 Å². The lowest BCUT2D eigenvalue weighted by Gasteiger charge is -2.58. The number of hydrogen-bond donors (Lipinski definition) is 2. The fraction of sp³-hybridized carbons (Fsp3) is 0.524. The molecule has 2 aromatic heterocycles. The van der Waals surface area contributed by atoms with Crippen LogP contribution in [0.15, 0.2) is 16.8 Å². The standard InChI is InChI=1S/C21H21N5O2/c22-9-17-24-20(28-26-17)15-10-23-16-3-1-2-14(16)19(15)25-18-12-4-11-5-13(18)8-21(27,6-11)7-12/h1-2,10-13,18,27H,3-8H2,(H,23,25). The lowest BCUT2D eigenvalue weighted by molar-refractivity contribution is -0.129. The van der Waals surface area contributed by atoms with Gasteiger partial charge >= 0.3 is 0 Å². The number of hydrogen-bond acceptors (Lipinski definition) is 7. The Bertz CT molecular complexity index is 1020. The first-order chi connectivity index (χ1) is 13.6. The van der Waals surface area contributed by atoms with Gasteiger partial charge in [0.1, 0.15) is 6.07 Å². The third kappa shape index (κ3) is 2.34. The Morgan fingerprint density at radius 1 is 1.25 bits per heavy atom. The predicted molar refractivity (Wildman–Crippen MR) is 101 cm³/mol. The molecule has 7 rings (SSSR count). The number of nitrogens with zero attached hydrogens (tertiary/aromatic N) is 4. The first-order valence-electron chi connectivity index (χ1n) is 10.0. The monoisotopic (exact) mass is 375 g/mol. The Labute approximate surface area is 162 Å². The van der Waals surface area contributed by atoms with Crippen LogP contribution >= 0.6 is 0 Å². The van der Waals surface area contributed by atoms with Crippen molar-refractivity contribution in [2.45, 2.75) is 50.2 Å². The number of aromatic nitrogens is 3. The number of fused-ring (bicyclic) bond motifs is 1. The Balaban J connectivity index is 1.41. The van der Waals surface area contributed by atoms with Gasteiger partial charge in [0.2, 0.25) is 0 Å². The molecule has 2 N–H and O–H groups in total. The molecule has 2 aromatic rings. The smallest absolute Gasteiger partial charge is 0.273 e. The van der Waals surface area contributed by atoms with E-state index in [4.69, 9.17) is 9.78 Å². The minimum Gasteiger partial charge on any atom is -0.390 e. The average molecular weight is 375 g/mol. The minimum absolute atomic E-state index is 0.0221. The molecule has 0 saturated heterocycles. The number of anilines is 1. The summed E-state index contributed by atoms with van der Waals surface area (Å²) in [5.74, 6) is 1.97. The highest BCUT2D eigenvalue weighted by molar-refractivity contribution is 5.83. The maximum atomic E-state index is 10.9. The molecule has 5 aliphatic carbocycles. The summed E-state index contributed by atoms with van der Waals surface area (Å²) in [5, 5.41) is 27.5. The number of rotatable bonds is 3. The van der Waals surface area contributed by atoms with Crippen LogP contribution < -0.4 is 5.32 Å². The van der Waals surface area contributed by atoms with E-state index < -0.39 is 5.60 Å². The summed E-state index contributed by atoms with van der Waals surface area (Å²) >= 11 is 0. The molecule has 142 valence electrons. The van der Waals surface area contributed by atoms with E-state index in [1.165, 1.54) is 12.8 Å². The zero-order valence-electron chi connectivity index (χ0n) is 15.4. The Hall–Kier alpha value is -2.72. The summed E-state index contributed by atoms with van der Waals surface area (Å²) in [7, 11) is 0. The van der Waals surface area contributed by atoms with Gasteiger partial charge in [0.15, 0.2) is 0 Å². The van der Waals surface area contributed by atoms with Crippen molar-refractivity contribution >= 4 is 11.8 Å². The molecule has 2 unspecified atom stereocenters. The third-order valence-corrected chi connectivity index (χ3v) is 7.10. The van der Waals surface area contributed by atoms with Gasteiger partial charge in [0.25, 0.3) is 11.7 Å². The Kier molecular flexibility index (Phi) is 3.28. The van der Waals surface area contributed by atoms with Crippen molar-refractivity contribution in [2.75, 3.05) is 5.32 Å². The largest absolute Gasteiger partial charge is 0.390 e. The maximum absolute atomic E-state index is 10.9. The second-order valence-corrected chi connectivity index (χ2v) is 8.91. The van der Waals surface area contributed by atoms with Crippen LogP contribution in [0.25, 0.3) is 17.5 Å². The molecule has 0 aromatic carbocycles. The van der Waals surface area contributed by atoms with E-state index in [0.29, 0.717) is 29.7 Å². The molecule has 7 nitrogen and oxygen atoms in total. The fourth-order valence-corrected chi connectivity index (χ4v) is 6.28. The fourth-order valence-electron chi connectivity index (χ4n) is 6.28. The zero-order chi connectivity index (χ0) is 18.9.